The molecule has 0 aromatic carbocycles. The molecule has 2 heterocycles. The lowest BCUT2D eigenvalue weighted by Gasteiger charge is -2.20. The van der Waals surface area contributed by atoms with Crippen LogP contribution in [0.2, 0.25) is 0 Å². The first kappa shape index (κ1) is 12.7. The first-order valence-corrected chi connectivity index (χ1v) is 5.66. The van der Waals surface area contributed by atoms with Gasteiger partial charge in [0.25, 0.3) is 0 Å². The highest BCUT2D eigenvalue weighted by atomic mass is 16.6. The number of anilines is 1. The molecule has 0 saturated carbocycles. The van der Waals surface area contributed by atoms with Crippen LogP contribution in [-0.4, -0.2) is 40.4 Å². The predicted molar refractivity (Wildman–Crippen MR) is 64.5 cm³/mol. The van der Waals surface area contributed by atoms with E-state index in [1.165, 1.54) is 6.07 Å². The van der Waals surface area contributed by atoms with Gasteiger partial charge in [0, 0.05) is 31.3 Å². The minimum atomic E-state index is -0.973. The lowest BCUT2D eigenvalue weighted by atomic mass is 10.0. The average Bonchev–Trinajstić information content (AvgIpc) is 2.74. The second kappa shape index (κ2) is 4.87. The molecular formula is C11H15N3O4. The first-order chi connectivity index (χ1) is 8.50. The molecule has 0 radical (unpaired) electrons. The average molecular weight is 253 g/mol. The molecule has 7 nitrogen and oxygen atoms in total. The van der Waals surface area contributed by atoms with Crippen LogP contribution in [0.1, 0.15) is 12.1 Å². The van der Waals surface area contributed by atoms with E-state index >= 15 is 0 Å². The number of nitrogens with zero attached hydrogens (tertiary/aromatic N) is 2. The minimum absolute atomic E-state index is 0.0943. The van der Waals surface area contributed by atoms with Gasteiger partial charge in [-0.15, -0.1) is 0 Å². The molecule has 1 aliphatic heterocycles. The number of ether oxygens (including phenoxy) is 1. The number of hydrogen-bond acceptors (Lipinski definition) is 6. The van der Waals surface area contributed by atoms with Crippen molar-refractivity contribution >= 4 is 11.5 Å². The van der Waals surface area contributed by atoms with Crippen molar-refractivity contribution in [2.75, 3.05) is 25.1 Å². The van der Waals surface area contributed by atoms with Crippen LogP contribution in [0.3, 0.4) is 0 Å². The number of rotatable bonds is 4. The minimum Gasteiger partial charge on any atom is -0.386 e. The molecule has 1 aliphatic rings. The smallest absolute Gasteiger partial charge is 0.311 e. The van der Waals surface area contributed by atoms with E-state index in [4.69, 9.17) is 4.74 Å². The van der Waals surface area contributed by atoms with Crippen LogP contribution >= 0.6 is 0 Å². The lowest BCUT2D eigenvalue weighted by molar-refractivity contribution is -0.384. The monoisotopic (exact) mass is 253 g/mol. The number of nitro groups is 1. The number of aromatic nitrogens is 1. The largest absolute Gasteiger partial charge is 0.386 e. The molecule has 0 aliphatic carbocycles. The molecule has 7 heteroatoms. The Kier molecular flexibility index (Phi) is 3.44. The summed E-state index contributed by atoms with van der Waals surface area (Å²) in [6.07, 6.45) is 0.514. The summed E-state index contributed by atoms with van der Waals surface area (Å²) in [5.41, 5.74) is -0.389. The highest BCUT2D eigenvalue weighted by Crippen LogP contribution is 2.24. The maximum absolute atomic E-state index is 10.8. The Morgan fingerprint density at radius 2 is 2.44 bits per heavy atom. The Balaban J connectivity index is 2.12. The third-order valence-corrected chi connectivity index (χ3v) is 2.88. The fourth-order valence-corrected chi connectivity index (χ4v) is 1.81. The van der Waals surface area contributed by atoms with Gasteiger partial charge in [-0.1, -0.05) is 0 Å². The fourth-order valence-electron chi connectivity index (χ4n) is 1.81. The zero-order valence-electron chi connectivity index (χ0n) is 10.0. The second-order valence-electron chi connectivity index (χ2n) is 4.46. The number of nitrogens with one attached hydrogen (secondary N) is 1. The summed E-state index contributed by atoms with van der Waals surface area (Å²) in [5.74, 6) is 0.181. The van der Waals surface area contributed by atoms with E-state index in [1.54, 1.807) is 13.0 Å². The SMILES string of the molecule is Cc1ccc([N+](=O)[O-])c(NCC2(O)CCOC2)n1. The van der Waals surface area contributed by atoms with Gasteiger partial charge >= 0.3 is 5.69 Å². The molecular weight excluding hydrogens is 238 g/mol. The van der Waals surface area contributed by atoms with E-state index in [-0.39, 0.29) is 24.7 Å². The summed E-state index contributed by atoms with van der Waals surface area (Å²) in [4.78, 5) is 14.4. The first-order valence-electron chi connectivity index (χ1n) is 5.66. The summed E-state index contributed by atoms with van der Waals surface area (Å²) in [5, 5.41) is 23.7. The van der Waals surface area contributed by atoms with Crippen LogP contribution in [0, 0.1) is 17.0 Å². The number of pyridine rings is 1. The van der Waals surface area contributed by atoms with Gasteiger partial charge in [-0.3, -0.25) is 10.1 Å². The Labute approximate surface area is 104 Å². The maximum atomic E-state index is 10.8. The van der Waals surface area contributed by atoms with Gasteiger partial charge < -0.3 is 15.2 Å². The van der Waals surface area contributed by atoms with Gasteiger partial charge in [-0.05, 0) is 13.0 Å². The van der Waals surface area contributed by atoms with Gasteiger partial charge in [0.15, 0.2) is 0 Å². The Morgan fingerprint density at radius 1 is 1.67 bits per heavy atom. The van der Waals surface area contributed by atoms with Gasteiger partial charge in [-0.25, -0.2) is 4.98 Å². The number of hydrogen-bond donors (Lipinski definition) is 2. The van der Waals surface area contributed by atoms with Crippen molar-refractivity contribution in [1.29, 1.82) is 0 Å². The summed E-state index contributed by atoms with van der Waals surface area (Å²) >= 11 is 0. The van der Waals surface area contributed by atoms with Gasteiger partial charge in [0.05, 0.1) is 11.5 Å². The molecule has 0 spiro atoms. The van der Waals surface area contributed by atoms with Crippen LogP contribution < -0.4 is 5.32 Å². The van der Waals surface area contributed by atoms with Crippen molar-refractivity contribution in [2.45, 2.75) is 18.9 Å². The zero-order valence-corrected chi connectivity index (χ0v) is 10.0. The van der Waals surface area contributed by atoms with Crippen molar-refractivity contribution < 1.29 is 14.8 Å². The van der Waals surface area contributed by atoms with Crippen molar-refractivity contribution in [1.82, 2.24) is 4.98 Å². The normalized spacial score (nSPS) is 23.0. The maximum Gasteiger partial charge on any atom is 0.311 e. The molecule has 0 amide bonds. The van der Waals surface area contributed by atoms with Crippen LogP contribution in [-0.2, 0) is 4.74 Å². The molecule has 1 unspecified atom stereocenters. The van der Waals surface area contributed by atoms with Crippen molar-refractivity contribution in [3.05, 3.63) is 27.9 Å². The summed E-state index contributed by atoms with van der Waals surface area (Å²) < 4.78 is 5.11. The van der Waals surface area contributed by atoms with Crippen LogP contribution in [0.25, 0.3) is 0 Å². The second-order valence-corrected chi connectivity index (χ2v) is 4.46. The number of aliphatic hydroxyl groups is 1. The Bertz CT molecular complexity index is 458. The summed E-state index contributed by atoms with van der Waals surface area (Å²) in [6.45, 7) is 2.67. The van der Waals surface area contributed by atoms with Crippen molar-refractivity contribution in [3.63, 3.8) is 0 Å². The molecule has 1 aromatic rings. The molecule has 2 rings (SSSR count). The van der Waals surface area contributed by atoms with Crippen LogP contribution in [0.4, 0.5) is 11.5 Å². The van der Waals surface area contributed by atoms with Gasteiger partial charge in [0.1, 0.15) is 5.60 Å². The molecule has 1 fully saturated rings. The van der Waals surface area contributed by atoms with Gasteiger partial charge in [0.2, 0.25) is 5.82 Å². The molecule has 0 bridgehead atoms. The van der Waals surface area contributed by atoms with Crippen LogP contribution in [0.15, 0.2) is 12.1 Å². The van der Waals surface area contributed by atoms with E-state index in [0.717, 1.165) is 0 Å². The highest BCUT2D eigenvalue weighted by molar-refractivity contribution is 5.56. The van der Waals surface area contributed by atoms with E-state index < -0.39 is 10.5 Å². The van der Waals surface area contributed by atoms with Crippen LogP contribution in [0.5, 0.6) is 0 Å². The molecule has 1 aromatic heterocycles. The molecule has 1 saturated heterocycles. The summed E-state index contributed by atoms with van der Waals surface area (Å²) in [7, 11) is 0. The van der Waals surface area contributed by atoms with Crippen molar-refractivity contribution in [3.8, 4) is 0 Å². The topological polar surface area (TPSA) is 97.5 Å². The van der Waals surface area contributed by atoms with E-state index in [0.29, 0.717) is 18.7 Å². The lowest BCUT2D eigenvalue weighted by Crippen LogP contribution is -2.37. The summed E-state index contributed by atoms with van der Waals surface area (Å²) in [6, 6.07) is 2.98. The van der Waals surface area contributed by atoms with Crippen molar-refractivity contribution in [2.24, 2.45) is 0 Å². The molecule has 2 N–H and O–H groups in total. The zero-order chi connectivity index (χ0) is 13.2. The molecule has 98 valence electrons. The molecule has 18 heavy (non-hydrogen) atoms. The highest BCUT2D eigenvalue weighted by Gasteiger charge is 2.32. The third-order valence-electron chi connectivity index (χ3n) is 2.88. The standard InChI is InChI=1S/C11H15N3O4/c1-8-2-3-9(14(16)17)10(13-8)12-6-11(15)4-5-18-7-11/h2-3,15H,4-7H2,1H3,(H,12,13). The van der Waals surface area contributed by atoms with E-state index in [9.17, 15) is 15.2 Å². The molecule has 1 atom stereocenters. The van der Waals surface area contributed by atoms with E-state index in [2.05, 4.69) is 10.3 Å². The Morgan fingerprint density at radius 3 is 3.06 bits per heavy atom. The Hall–Kier alpha value is -1.73. The van der Waals surface area contributed by atoms with E-state index in [1.807, 2.05) is 0 Å². The van der Waals surface area contributed by atoms with Gasteiger partial charge in [-0.2, -0.15) is 0 Å². The predicted octanol–water partition coefficient (Wildman–Crippen LogP) is 0.862. The quantitative estimate of drug-likeness (QED) is 0.610. The third kappa shape index (κ3) is 2.74. The number of aryl methyl sites for hydroxylation is 1. The fraction of sp³-hybridized carbons (Fsp3) is 0.545.